The van der Waals surface area contributed by atoms with Crippen LogP contribution >= 0.6 is 0 Å². The Labute approximate surface area is 181 Å². The zero-order chi connectivity index (χ0) is 22.8. The number of nitrogens with zero attached hydrogens (tertiary/aromatic N) is 1. The fourth-order valence-corrected chi connectivity index (χ4v) is 3.87. The minimum atomic E-state index is -1.37. The van der Waals surface area contributed by atoms with E-state index in [2.05, 4.69) is 15.6 Å². The summed E-state index contributed by atoms with van der Waals surface area (Å²) >= 11 is 0. The van der Waals surface area contributed by atoms with Gasteiger partial charge in [0.05, 0.1) is 34.3 Å². The van der Waals surface area contributed by atoms with Crippen molar-refractivity contribution in [3.05, 3.63) is 77.6 Å². The molecule has 0 spiro atoms. The molecule has 0 aliphatic heterocycles. The zero-order valence-electron chi connectivity index (χ0n) is 16.8. The van der Waals surface area contributed by atoms with Crippen LogP contribution in [0.4, 0.5) is 28.9 Å². The number of rotatable bonds is 5. The van der Waals surface area contributed by atoms with Gasteiger partial charge in [-0.25, -0.2) is 17.6 Å². The molecule has 3 aromatic rings. The van der Waals surface area contributed by atoms with Crippen LogP contribution in [0.1, 0.15) is 29.6 Å². The van der Waals surface area contributed by atoms with Crippen molar-refractivity contribution in [1.29, 1.82) is 0 Å². The van der Waals surface area contributed by atoms with Gasteiger partial charge < -0.3 is 16.4 Å². The summed E-state index contributed by atoms with van der Waals surface area (Å²) in [7, 11) is 0. The molecular weight excluding hydrogens is 424 g/mol. The molecule has 1 aromatic heterocycles. The average Bonchev–Trinajstić information content (AvgIpc) is 3.16. The molecule has 1 amide bonds. The Kier molecular flexibility index (Phi) is 6.09. The number of carbonyl (C=O) groups is 1. The number of pyridine rings is 1. The lowest BCUT2D eigenvalue weighted by molar-refractivity contribution is 0.102. The quantitative estimate of drug-likeness (QED) is 0.492. The molecule has 1 aliphatic carbocycles. The molecule has 32 heavy (non-hydrogen) atoms. The third-order valence-electron chi connectivity index (χ3n) is 5.53. The second kappa shape index (κ2) is 8.96. The van der Waals surface area contributed by atoms with Crippen LogP contribution in [0.15, 0.2) is 48.8 Å². The first kappa shape index (κ1) is 21.8. The number of carbonyl (C=O) groups excluding carboxylic acids is 1. The summed E-state index contributed by atoms with van der Waals surface area (Å²) in [6, 6.07) is 6.15. The molecule has 4 rings (SSSR count). The van der Waals surface area contributed by atoms with Crippen molar-refractivity contribution in [2.24, 2.45) is 5.73 Å². The molecule has 4 N–H and O–H groups in total. The Balaban J connectivity index is 1.66. The largest absolute Gasteiger partial charge is 0.379 e. The second-order valence-electron chi connectivity index (χ2n) is 7.60. The van der Waals surface area contributed by atoms with Crippen molar-refractivity contribution < 1.29 is 22.4 Å². The van der Waals surface area contributed by atoms with Crippen LogP contribution in [0.3, 0.4) is 0 Å². The van der Waals surface area contributed by atoms with Gasteiger partial charge in [-0.05, 0) is 49.6 Å². The van der Waals surface area contributed by atoms with E-state index in [1.165, 1.54) is 12.4 Å². The maximum atomic E-state index is 15.1. The topological polar surface area (TPSA) is 80.0 Å². The second-order valence-corrected chi connectivity index (χ2v) is 7.60. The summed E-state index contributed by atoms with van der Waals surface area (Å²) in [4.78, 5) is 16.8. The van der Waals surface area contributed by atoms with Crippen molar-refractivity contribution in [1.82, 2.24) is 4.98 Å². The molecule has 9 heteroatoms. The molecule has 5 nitrogen and oxygen atoms in total. The highest BCUT2D eigenvalue weighted by Gasteiger charge is 2.26. The van der Waals surface area contributed by atoms with E-state index in [9.17, 15) is 18.0 Å². The van der Waals surface area contributed by atoms with Gasteiger partial charge in [-0.15, -0.1) is 0 Å². The van der Waals surface area contributed by atoms with E-state index < -0.39 is 45.9 Å². The molecule has 0 unspecified atom stereocenters. The molecule has 1 saturated carbocycles. The summed E-state index contributed by atoms with van der Waals surface area (Å²) in [5, 5.41) is 5.79. The number of anilines is 2. The van der Waals surface area contributed by atoms with Gasteiger partial charge in [0.1, 0.15) is 23.3 Å². The Morgan fingerprint density at radius 1 is 0.938 bits per heavy atom. The Bertz CT molecular complexity index is 1150. The van der Waals surface area contributed by atoms with Crippen molar-refractivity contribution >= 4 is 17.3 Å². The van der Waals surface area contributed by atoms with E-state index in [0.717, 1.165) is 49.6 Å². The van der Waals surface area contributed by atoms with Crippen LogP contribution in [0.25, 0.3) is 11.1 Å². The first-order valence-electron chi connectivity index (χ1n) is 10.1. The average molecular weight is 444 g/mol. The summed E-state index contributed by atoms with van der Waals surface area (Å²) in [5.41, 5.74) is 4.49. The fraction of sp³-hybridized carbons (Fsp3) is 0.217. The van der Waals surface area contributed by atoms with Crippen molar-refractivity contribution in [2.75, 3.05) is 10.6 Å². The third-order valence-corrected chi connectivity index (χ3v) is 5.53. The predicted octanol–water partition coefficient (Wildman–Crippen LogP) is 4.85. The van der Waals surface area contributed by atoms with E-state index in [1.807, 2.05) is 0 Å². The van der Waals surface area contributed by atoms with E-state index in [0.29, 0.717) is 5.69 Å². The van der Waals surface area contributed by atoms with Gasteiger partial charge in [0.15, 0.2) is 0 Å². The van der Waals surface area contributed by atoms with E-state index >= 15 is 4.39 Å². The summed E-state index contributed by atoms with van der Waals surface area (Å²) in [5.74, 6) is -5.78. The molecule has 0 radical (unpaired) electrons. The van der Waals surface area contributed by atoms with Crippen molar-refractivity contribution in [2.45, 2.75) is 31.3 Å². The Hall–Kier alpha value is -3.46. The number of nitrogens with two attached hydrogens (primary N) is 1. The van der Waals surface area contributed by atoms with Gasteiger partial charge in [0, 0.05) is 18.3 Å². The molecule has 1 aliphatic rings. The lowest BCUT2D eigenvalue weighted by Crippen LogP contribution is -2.35. The van der Waals surface area contributed by atoms with Crippen LogP contribution in [-0.2, 0) is 0 Å². The molecule has 166 valence electrons. The van der Waals surface area contributed by atoms with Gasteiger partial charge in [-0.1, -0.05) is 6.07 Å². The maximum absolute atomic E-state index is 15.1. The van der Waals surface area contributed by atoms with Gasteiger partial charge in [-0.3, -0.25) is 9.78 Å². The van der Waals surface area contributed by atoms with Gasteiger partial charge in [0.2, 0.25) is 0 Å². The van der Waals surface area contributed by atoms with Crippen LogP contribution < -0.4 is 16.4 Å². The number of aromatic nitrogens is 1. The molecule has 2 atom stereocenters. The number of halogens is 4. The van der Waals surface area contributed by atoms with Gasteiger partial charge in [-0.2, -0.15) is 0 Å². The predicted molar refractivity (Wildman–Crippen MR) is 113 cm³/mol. The normalized spacial score (nSPS) is 17.9. The Morgan fingerprint density at radius 2 is 1.66 bits per heavy atom. The third kappa shape index (κ3) is 4.16. The van der Waals surface area contributed by atoms with E-state index in [-0.39, 0.29) is 17.8 Å². The van der Waals surface area contributed by atoms with Crippen molar-refractivity contribution in [3.63, 3.8) is 0 Å². The van der Waals surface area contributed by atoms with E-state index in [4.69, 9.17) is 5.73 Å². The lowest BCUT2D eigenvalue weighted by Gasteiger charge is -2.21. The summed E-state index contributed by atoms with van der Waals surface area (Å²) in [6.07, 6.45) is 5.61. The monoisotopic (exact) mass is 444 g/mol. The molecular formula is C23H20F4N4O. The number of benzene rings is 2. The molecule has 1 fully saturated rings. The SMILES string of the molecule is N[C@H]1CCC[C@@H]1Nc1ccncc1NC(=O)c1ccc(F)c(-c2c(F)cccc2F)c1F. The smallest absolute Gasteiger partial charge is 0.258 e. The van der Waals surface area contributed by atoms with Crippen LogP contribution in [0.5, 0.6) is 0 Å². The van der Waals surface area contributed by atoms with Crippen LogP contribution in [-0.4, -0.2) is 23.0 Å². The van der Waals surface area contributed by atoms with Gasteiger partial charge >= 0.3 is 0 Å². The Morgan fingerprint density at radius 3 is 2.34 bits per heavy atom. The summed E-state index contributed by atoms with van der Waals surface area (Å²) in [6.45, 7) is 0. The standard InChI is InChI=1S/C23H20F4N4O/c24-13-3-1-4-14(25)20(13)21-15(26)8-7-12(22(21)27)23(32)31-19-11-29-10-9-18(19)30-17-6-2-5-16(17)28/h1,3-4,7-11,16-17H,2,5-6,28H2,(H,29,30)(H,31,32)/t16-,17-/m0/s1. The van der Waals surface area contributed by atoms with E-state index in [1.54, 1.807) is 6.07 Å². The molecule has 1 heterocycles. The number of nitrogens with one attached hydrogen (secondary N) is 2. The van der Waals surface area contributed by atoms with Gasteiger partial charge in [0.25, 0.3) is 5.91 Å². The minimum absolute atomic E-state index is 0.00578. The number of hydrogen-bond donors (Lipinski definition) is 3. The van der Waals surface area contributed by atoms with Crippen LogP contribution in [0.2, 0.25) is 0 Å². The minimum Gasteiger partial charge on any atom is -0.379 e. The lowest BCUT2D eigenvalue weighted by atomic mass is 9.99. The van der Waals surface area contributed by atoms with Crippen LogP contribution in [0, 0.1) is 23.3 Å². The number of amides is 1. The van der Waals surface area contributed by atoms with Crippen molar-refractivity contribution in [3.8, 4) is 11.1 Å². The molecule has 0 bridgehead atoms. The summed E-state index contributed by atoms with van der Waals surface area (Å²) < 4.78 is 57.8. The first-order valence-corrected chi connectivity index (χ1v) is 10.1. The highest BCUT2D eigenvalue weighted by Crippen LogP contribution is 2.33. The first-order chi connectivity index (χ1) is 15.4. The highest BCUT2D eigenvalue weighted by molar-refractivity contribution is 6.06. The number of hydrogen-bond acceptors (Lipinski definition) is 4. The highest BCUT2D eigenvalue weighted by atomic mass is 19.1. The maximum Gasteiger partial charge on any atom is 0.258 e. The zero-order valence-corrected chi connectivity index (χ0v) is 16.8. The fourth-order valence-electron chi connectivity index (χ4n) is 3.87. The molecule has 2 aromatic carbocycles. The molecule has 0 saturated heterocycles.